The number of rotatable bonds is 1. The highest BCUT2D eigenvalue weighted by Gasteiger charge is 2.74. The summed E-state index contributed by atoms with van der Waals surface area (Å²) in [6, 6.07) is 0. The zero-order valence-corrected chi connectivity index (χ0v) is 11.0. The normalized spacial score (nSPS) is 39.9. The molecule has 0 aromatic carbocycles. The molecule has 2 aliphatic carbocycles. The third-order valence-electron chi connectivity index (χ3n) is 5.32. The molecule has 98 valence electrons. The second kappa shape index (κ2) is 3.37. The van der Waals surface area contributed by atoms with Gasteiger partial charge in [-0.3, -0.25) is 9.59 Å². The smallest absolute Gasteiger partial charge is 0.313 e. The molecule has 0 bridgehead atoms. The maximum atomic E-state index is 12.3. The molecule has 1 aliphatic heterocycles. The Hall–Kier alpha value is -1.32. The van der Waals surface area contributed by atoms with Crippen molar-refractivity contribution in [2.45, 2.75) is 26.7 Å². The van der Waals surface area contributed by atoms with Crippen LogP contribution >= 0.6 is 0 Å². The number of hydrogen-bond donors (Lipinski definition) is 0. The van der Waals surface area contributed by atoms with Crippen LogP contribution in [0.15, 0.2) is 11.8 Å². The Labute approximate surface area is 106 Å². The van der Waals surface area contributed by atoms with E-state index in [4.69, 9.17) is 9.47 Å². The van der Waals surface area contributed by atoms with Crippen LogP contribution in [0, 0.1) is 22.7 Å². The second-order valence-corrected chi connectivity index (χ2v) is 6.10. The predicted molar refractivity (Wildman–Crippen MR) is 63.5 cm³/mol. The zero-order chi connectivity index (χ0) is 13.1. The number of methoxy groups -OCH3 is 1. The van der Waals surface area contributed by atoms with Gasteiger partial charge in [-0.1, -0.05) is 13.8 Å². The molecule has 0 aromatic rings. The fourth-order valence-corrected chi connectivity index (χ4v) is 4.36. The minimum Gasteiger partial charge on any atom is -0.497 e. The average Bonchev–Trinajstić information content (AvgIpc) is 2.35. The van der Waals surface area contributed by atoms with Crippen molar-refractivity contribution in [1.29, 1.82) is 0 Å². The molecular weight excluding hydrogens is 232 g/mol. The second-order valence-electron chi connectivity index (χ2n) is 6.10. The molecule has 3 aliphatic rings. The summed E-state index contributed by atoms with van der Waals surface area (Å²) in [5.74, 6) is 0.849. The number of ketones is 1. The fraction of sp³-hybridized carbons (Fsp3) is 0.714. The van der Waals surface area contributed by atoms with E-state index in [0.29, 0.717) is 18.3 Å². The summed E-state index contributed by atoms with van der Waals surface area (Å²) in [5.41, 5.74) is -0.919. The van der Waals surface area contributed by atoms with Crippen LogP contribution in [0.5, 0.6) is 0 Å². The molecule has 4 nitrogen and oxygen atoms in total. The van der Waals surface area contributed by atoms with Crippen molar-refractivity contribution in [2.24, 2.45) is 22.7 Å². The van der Waals surface area contributed by atoms with Crippen LogP contribution in [0.2, 0.25) is 0 Å². The minimum absolute atomic E-state index is 0.0277. The molecule has 0 aromatic heterocycles. The Balaban J connectivity index is 2.13. The maximum absolute atomic E-state index is 12.3. The van der Waals surface area contributed by atoms with E-state index in [-0.39, 0.29) is 29.5 Å². The Kier molecular flexibility index (Phi) is 2.20. The van der Waals surface area contributed by atoms with Gasteiger partial charge in [0.2, 0.25) is 0 Å². The molecule has 1 heterocycles. The lowest BCUT2D eigenvalue weighted by Gasteiger charge is -2.67. The molecule has 18 heavy (non-hydrogen) atoms. The molecule has 4 heteroatoms. The van der Waals surface area contributed by atoms with Crippen LogP contribution in [0.25, 0.3) is 0 Å². The first-order valence-corrected chi connectivity index (χ1v) is 6.41. The Morgan fingerprint density at radius 3 is 2.89 bits per heavy atom. The van der Waals surface area contributed by atoms with E-state index in [1.165, 1.54) is 7.11 Å². The van der Waals surface area contributed by atoms with Gasteiger partial charge in [0.1, 0.15) is 5.76 Å². The summed E-state index contributed by atoms with van der Waals surface area (Å²) in [5, 5.41) is 0. The number of allylic oxidation sites excluding steroid dienone is 2. The number of ether oxygens (including phenoxy) is 2. The van der Waals surface area contributed by atoms with Crippen molar-refractivity contribution in [2.75, 3.05) is 13.7 Å². The van der Waals surface area contributed by atoms with Gasteiger partial charge in [-0.15, -0.1) is 0 Å². The lowest BCUT2D eigenvalue weighted by atomic mass is 9.35. The molecule has 0 spiro atoms. The molecule has 3 atom stereocenters. The van der Waals surface area contributed by atoms with Gasteiger partial charge in [-0.25, -0.2) is 0 Å². The monoisotopic (exact) mass is 250 g/mol. The van der Waals surface area contributed by atoms with Crippen LogP contribution in [0.3, 0.4) is 0 Å². The minimum atomic E-state index is -0.714. The van der Waals surface area contributed by atoms with Crippen LogP contribution in [0.4, 0.5) is 0 Å². The molecule has 2 fully saturated rings. The van der Waals surface area contributed by atoms with Crippen molar-refractivity contribution in [3.63, 3.8) is 0 Å². The molecule has 1 saturated heterocycles. The molecule has 0 amide bonds. The van der Waals surface area contributed by atoms with E-state index in [1.807, 2.05) is 0 Å². The van der Waals surface area contributed by atoms with Gasteiger partial charge in [0.25, 0.3) is 0 Å². The number of carbonyl (C=O) groups excluding carboxylic acids is 2. The first-order valence-electron chi connectivity index (χ1n) is 6.41. The van der Waals surface area contributed by atoms with Crippen molar-refractivity contribution in [3.8, 4) is 0 Å². The molecule has 0 unspecified atom stereocenters. The van der Waals surface area contributed by atoms with Gasteiger partial charge in [-0.2, -0.15) is 0 Å². The van der Waals surface area contributed by atoms with Crippen molar-refractivity contribution >= 4 is 11.8 Å². The summed E-state index contributed by atoms with van der Waals surface area (Å²) in [4.78, 5) is 24.2. The van der Waals surface area contributed by atoms with Crippen LogP contribution in [-0.4, -0.2) is 25.5 Å². The molecular formula is C14H18O4. The highest BCUT2D eigenvalue weighted by molar-refractivity contribution is 5.98. The average molecular weight is 250 g/mol. The quantitative estimate of drug-likeness (QED) is 0.665. The lowest BCUT2D eigenvalue weighted by molar-refractivity contribution is -0.234. The Morgan fingerprint density at radius 2 is 2.22 bits per heavy atom. The first kappa shape index (κ1) is 11.8. The maximum Gasteiger partial charge on any atom is 0.313 e. The van der Waals surface area contributed by atoms with E-state index in [9.17, 15) is 9.59 Å². The van der Waals surface area contributed by atoms with Crippen molar-refractivity contribution in [3.05, 3.63) is 11.8 Å². The van der Waals surface area contributed by atoms with E-state index in [0.717, 1.165) is 6.42 Å². The Morgan fingerprint density at radius 1 is 1.50 bits per heavy atom. The molecule has 0 N–H and O–H groups in total. The van der Waals surface area contributed by atoms with Gasteiger partial charge in [-0.05, 0) is 17.8 Å². The lowest BCUT2D eigenvalue weighted by Crippen LogP contribution is -2.70. The van der Waals surface area contributed by atoms with Crippen molar-refractivity contribution < 1.29 is 19.1 Å². The van der Waals surface area contributed by atoms with E-state index < -0.39 is 5.41 Å². The fourth-order valence-electron chi connectivity index (χ4n) is 4.36. The van der Waals surface area contributed by atoms with Gasteiger partial charge in [0, 0.05) is 18.4 Å². The van der Waals surface area contributed by atoms with E-state index >= 15 is 0 Å². The summed E-state index contributed by atoms with van der Waals surface area (Å²) in [6.07, 6.45) is 2.77. The van der Waals surface area contributed by atoms with E-state index in [2.05, 4.69) is 13.8 Å². The summed E-state index contributed by atoms with van der Waals surface area (Å²) in [6.45, 7) is 4.79. The standard InChI is InChI=1S/C14H18O4/c1-13(2)9-4-5-18-10-6-8(15)7-14(13,11(9)10)12(16)17-3/h6,9,11H,4-5,7H2,1-3H3/t9-,11-,14+/m1/s1. The van der Waals surface area contributed by atoms with Crippen molar-refractivity contribution in [1.82, 2.24) is 0 Å². The van der Waals surface area contributed by atoms with Gasteiger partial charge < -0.3 is 9.47 Å². The van der Waals surface area contributed by atoms with Crippen LogP contribution < -0.4 is 0 Å². The summed E-state index contributed by atoms with van der Waals surface area (Å²) >= 11 is 0. The van der Waals surface area contributed by atoms with Crippen LogP contribution in [-0.2, 0) is 19.1 Å². The van der Waals surface area contributed by atoms with Gasteiger partial charge in [0.15, 0.2) is 5.78 Å². The number of esters is 1. The van der Waals surface area contributed by atoms with Gasteiger partial charge in [0.05, 0.1) is 19.1 Å². The van der Waals surface area contributed by atoms with Crippen LogP contribution in [0.1, 0.15) is 26.7 Å². The summed E-state index contributed by atoms with van der Waals surface area (Å²) < 4.78 is 10.6. The zero-order valence-electron chi connectivity index (χ0n) is 11.0. The third-order valence-corrected chi connectivity index (χ3v) is 5.32. The Bertz CT molecular complexity index is 462. The van der Waals surface area contributed by atoms with E-state index in [1.54, 1.807) is 6.08 Å². The highest BCUT2D eigenvalue weighted by Crippen LogP contribution is 2.72. The predicted octanol–water partition coefficient (Wildman–Crippen LogP) is 1.70. The molecule has 0 radical (unpaired) electrons. The first-order chi connectivity index (χ1) is 8.45. The highest BCUT2D eigenvalue weighted by atomic mass is 16.5. The largest absolute Gasteiger partial charge is 0.497 e. The topological polar surface area (TPSA) is 52.6 Å². The third kappa shape index (κ3) is 1.07. The van der Waals surface area contributed by atoms with Gasteiger partial charge >= 0.3 is 5.97 Å². The summed E-state index contributed by atoms with van der Waals surface area (Å²) in [7, 11) is 1.40. The SMILES string of the molecule is COC(=O)[C@]12CC(=O)C=C3OCC[C@H]([C@H]31)C2(C)C. The number of carbonyl (C=O) groups is 2. The molecule has 3 rings (SSSR count). The molecule has 1 saturated carbocycles. The number of hydrogen-bond acceptors (Lipinski definition) is 4.